The molecule has 19 heavy (non-hydrogen) atoms. The predicted molar refractivity (Wildman–Crippen MR) is 74.4 cm³/mol. The molecule has 0 spiro atoms. The molecule has 0 atom stereocenters. The third-order valence-corrected chi connectivity index (χ3v) is 3.36. The van der Waals surface area contributed by atoms with Crippen molar-refractivity contribution < 1.29 is 0 Å². The highest BCUT2D eigenvalue weighted by Crippen LogP contribution is 2.10. The summed E-state index contributed by atoms with van der Waals surface area (Å²) in [7, 11) is 1.99. The Hall–Kier alpha value is -1.73. The van der Waals surface area contributed by atoms with Gasteiger partial charge in [-0.15, -0.1) is 0 Å². The number of hydrogen-bond donors (Lipinski definition) is 1. The molecule has 7 heteroatoms. The van der Waals surface area contributed by atoms with E-state index in [1.807, 2.05) is 34.6 Å². The topological polar surface area (TPSA) is 60.0 Å². The van der Waals surface area contributed by atoms with Crippen LogP contribution in [0.25, 0.3) is 5.65 Å². The molecule has 0 radical (unpaired) electrons. The number of nitrogens with one attached hydrogen (secondary N) is 1. The van der Waals surface area contributed by atoms with Crippen LogP contribution in [0.5, 0.6) is 0 Å². The van der Waals surface area contributed by atoms with E-state index in [0.717, 1.165) is 34.9 Å². The van der Waals surface area contributed by atoms with Crippen LogP contribution in [0.15, 0.2) is 35.6 Å². The fraction of sp³-hybridized carbons (Fsp3) is 0.250. The molecule has 1 N–H and O–H groups in total. The van der Waals surface area contributed by atoms with E-state index in [0.29, 0.717) is 0 Å². The molecular weight excluding hydrogens is 308 g/mol. The minimum Gasteiger partial charge on any atom is -0.337 e. The molecule has 0 aliphatic rings. The van der Waals surface area contributed by atoms with Gasteiger partial charge in [-0.1, -0.05) is 0 Å². The molecule has 0 aliphatic heterocycles. The Kier molecular flexibility index (Phi) is 3.31. The van der Waals surface area contributed by atoms with Gasteiger partial charge in [0, 0.05) is 32.2 Å². The molecule has 0 aliphatic carbocycles. The molecule has 3 aromatic heterocycles. The first-order chi connectivity index (χ1) is 9.24. The molecule has 3 heterocycles. The van der Waals surface area contributed by atoms with Crippen molar-refractivity contribution >= 4 is 21.6 Å². The summed E-state index contributed by atoms with van der Waals surface area (Å²) in [6, 6.07) is 0. The van der Waals surface area contributed by atoms with Crippen molar-refractivity contribution in [2.24, 2.45) is 7.05 Å². The number of hydrogen-bond acceptors (Lipinski definition) is 4. The molecule has 0 amide bonds. The number of fused-ring (bicyclic) bond motifs is 1. The zero-order valence-electron chi connectivity index (χ0n) is 10.4. The van der Waals surface area contributed by atoms with E-state index >= 15 is 0 Å². The molecule has 0 unspecified atom stereocenters. The van der Waals surface area contributed by atoms with Crippen LogP contribution >= 0.6 is 15.9 Å². The summed E-state index contributed by atoms with van der Waals surface area (Å²) in [6.45, 7) is 1.45. The Balaban J connectivity index is 1.72. The van der Waals surface area contributed by atoms with Gasteiger partial charge >= 0.3 is 0 Å². The quantitative estimate of drug-likeness (QED) is 0.791. The van der Waals surface area contributed by atoms with Gasteiger partial charge in [0.05, 0.1) is 24.6 Å². The van der Waals surface area contributed by atoms with E-state index < -0.39 is 0 Å². The van der Waals surface area contributed by atoms with E-state index in [-0.39, 0.29) is 0 Å². The Labute approximate surface area is 118 Å². The van der Waals surface area contributed by atoms with Gasteiger partial charge in [-0.2, -0.15) is 0 Å². The van der Waals surface area contributed by atoms with Gasteiger partial charge in [0.1, 0.15) is 10.4 Å². The molecular formula is C12H13BrN6. The maximum absolute atomic E-state index is 4.31. The van der Waals surface area contributed by atoms with Crippen LogP contribution in [0.4, 0.5) is 0 Å². The van der Waals surface area contributed by atoms with Crippen LogP contribution in [0.2, 0.25) is 0 Å². The first-order valence-corrected chi connectivity index (χ1v) is 6.68. The Morgan fingerprint density at radius 2 is 2.11 bits per heavy atom. The summed E-state index contributed by atoms with van der Waals surface area (Å²) in [6.07, 6.45) is 9.25. The van der Waals surface area contributed by atoms with E-state index in [2.05, 4.69) is 36.2 Å². The maximum atomic E-state index is 4.31. The summed E-state index contributed by atoms with van der Waals surface area (Å²) in [5, 5.41) is 3.36. The first kappa shape index (κ1) is 12.3. The Bertz CT molecular complexity index is 701. The first-order valence-electron chi connectivity index (χ1n) is 5.88. The molecule has 98 valence electrons. The molecule has 0 aromatic carbocycles. The third kappa shape index (κ3) is 2.52. The van der Waals surface area contributed by atoms with Crippen molar-refractivity contribution in [3.63, 3.8) is 0 Å². The molecule has 3 rings (SSSR count). The Morgan fingerprint density at radius 1 is 1.21 bits per heavy atom. The summed E-state index contributed by atoms with van der Waals surface area (Å²) >= 11 is 3.37. The highest BCUT2D eigenvalue weighted by Gasteiger charge is 2.05. The van der Waals surface area contributed by atoms with Crippen molar-refractivity contribution in [3.8, 4) is 0 Å². The van der Waals surface area contributed by atoms with E-state index in [1.54, 1.807) is 12.4 Å². The van der Waals surface area contributed by atoms with E-state index in [4.69, 9.17) is 0 Å². The number of nitrogens with zero attached hydrogens (tertiary/aromatic N) is 5. The van der Waals surface area contributed by atoms with Crippen LogP contribution < -0.4 is 5.32 Å². The highest BCUT2D eigenvalue weighted by atomic mass is 79.9. The summed E-state index contributed by atoms with van der Waals surface area (Å²) in [5.74, 6) is 1.01. The second-order valence-corrected chi connectivity index (χ2v) is 5.06. The van der Waals surface area contributed by atoms with E-state index in [9.17, 15) is 0 Å². The number of imidazole rings is 2. The molecule has 0 saturated heterocycles. The van der Waals surface area contributed by atoms with Gasteiger partial charge < -0.3 is 9.88 Å². The third-order valence-electron chi connectivity index (χ3n) is 2.95. The smallest absolute Gasteiger partial charge is 0.155 e. The highest BCUT2D eigenvalue weighted by molar-refractivity contribution is 9.10. The predicted octanol–water partition coefficient (Wildman–Crippen LogP) is 1.52. The van der Waals surface area contributed by atoms with Crippen molar-refractivity contribution in [2.45, 2.75) is 13.1 Å². The average molecular weight is 321 g/mol. The summed E-state index contributed by atoms with van der Waals surface area (Å²) in [5.41, 5.74) is 1.93. The molecule has 0 bridgehead atoms. The van der Waals surface area contributed by atoms with Crippen molar-refractivity contribution in [3.05, 3.63) is 47.1 Å². The lowest BCUT2D eigenvalue weighted by molar-refractivity contribution is 0.628. The van der Waals surface area contributed by atoms with Crippen molar-refractivity contribution in [1.29, 1.82) is 0 Å². The van der Waals surface area contributed by atoms with Crippen LogP contribution in [0.3, 0.4) is 0 Å². The normalized spacial score (nSPS) is 11.3. The number of rotatable bonds is 4. The minimum absolute atomic E-state index is 0.725. The minimum atomic E-state index is 0.725. The SMILES string of the molecule is Cn1ccnc1CNCc1cnc2cnc(Br)cn12. The van der Waals surface area contributed by atoms with Gasteiger partial charge in [0.25, 0.3) is 0 Å². The molecule has 0 fully saturated rings. The van der Waals surface area contributed by atoms with E-state index in [1.165, 1.54) is 0 Å². The fourth-order valence-electron chi connectivity index (χ4n) is 1.92. The lowest BCUT2D eigenvalue weighted by atomic mass is 10.4. The number of halogens is 1. The Morgan fingerprint density at radius 3 is 2.89 bits per heavy atom. The van der Waals surface area contributed by atoms with Crippen molar-refractivity contribution in [2.75, 3.05) is 0 Å². The molecule has 3 aromatic rings. The monoisotopic (exact) mass is 320 g/mol. The molecule has 0 saturated carbocycles. The van der Waals surface area contributed by atoms with Crippen molar-refractivity contribution in [1.82, 2.24) is 29.2 Å². The van der Waals surface area contributed by atoms with Crippen LogP contribution in [0, 0.1) is 0 Å². The number of aryl methyl sites for hydroxylation is 1. The number of aromatic nitrogens is 5. The average Bonchev–Trinajstić information content (AvgIpc) is 2.97. The zero-order chi connectivity index (χ0) is 13.2. The fourth-order valence-corrected chi connectivity index (χ4v) is 2.22. The molecule has 6 nitrogen and oxygen atoms in total. The second-order valence-electron chi connectivity index (χ2n) is 4.25. The summed E-state index contributed by atoms with van der Waals surface area (Å²) < 4.78 is 4.81. The second kappa shape index (κ2) is 5.10. The largest absolute Gasteiger partial charge is 0.337 e. The van der Waals surface area contributed by atoms with Gasteiger partial charge in [-0.25, -0.2) is 15.0 Å². The summed E-state index contributed by atoms with van der Waals surface area (Å²) in [4.78, 5) is 12.7. The van der Waals surface area contributed by atoms with Gasteiger partial charge in [-0.05, 0) is 15.9 Å². The van der Waals surface area contributed by atoms with Crippen LogP contribution in [-0.2, 0) is 20.1 Å². The van der Waals surface area contributed by atoms with Crippen LogP contribution in [-0.4, -0.2) is 23.9 Å². The maximum Gasteiger partial charge on any atom is 0.155 e. The van der Waals surface area contributed by atoms with Crippen LogP contribution in [0.1, 0.15) is 11.5 Å². The van der Waals surface area contributed by atoms with Gasteiger partial charge in [-0.3, -0.25) is 4.40 Å². The van der Waals surface area contributed by atoms with Gasteiger partial charge in [0.15, 0.2) is 5.65 Å². The van der Waals surface area contributed by atoms with Gasteiger partial charge in [0.2, 0.25) is 0 Å². The standard InChI is InChI=1S/C12H13BrN6/c1-18-3-2-15-11(18)6-14-4-9-5-17-12-7-16-10(13)8-19(9)12/h2-3,5,7-8,14H,4,6H2,1H3. The lowest BCUT2D eigenvalue weighted by Gasteiger charge is -2.05. The lowest BCUT2D eigenvalue weighted by Crippen LogP contribution is -2.16. The zero-order valence-corrected chi connectivity index (χ0v) is 12.0.